The van der Waals surface area contributed by atoms with Crippen LogP contribution in [0.2, 0.25) is 0 Å². The van der Waals surface area contributed by atoms with Crippen molar-refractivity contribution >= 4 is 29.7 Å². The fourth-order valence-corrected chi connectivity index (χ4v) is 6.50. The van der Waals surface area contributed by atoms with Crippen molar-refractivity contribution in [1.29, 1.82) is 0 Å². The number of fused-ring (bicyclic) bond motifs is 2. The maximum Gasteiger partial charge on any atom is 0.321 e. The van der Waals surface area contributed by atoms with Crippen molar-refractivity contribution < 1.29 is 23.9 Å². The van der Waals surface area contributed by atoms with Gasteiger partial charge < -0.3 is 20.1 Å². The summed E-state index contributed by atoms with van der Waals surface area (Å²) in [6, 6.07) is 12.0. The molecular weight excluding hydrogens is 662 g/mol. The summed E-state index contributed by atoms with van der Waals surface area (Å²) in [5.74, 6) is 1.38. The zero-order valence-electron chi connectivity index (χ0n) is 30.4. The van der Waals surface area contributed by atoms with Gasteiger partial charge in [-0.2, -0.15) is 0 Å². The second-order valence-electron chi connectivity index (χ2n) is 14.1. The Hall–Kier alpha value is -5.21. The minimum Gasteiger partial charge on any atom is -0.480 e. The summed E-state index contributed by atoms with van der Waals surface area (Å²) in [6.07, 6.45) is 7.31. The molecule has 0 radical (unpaired) electrons. The minimum atomic E-state index is -1.50. The second-order valence-corrected chi connectivity index (χ2v) is 14.1. The van der Waals surface area contributed by atoms with Gasteiger partial charge >= 0.3 is 6.03 Å². The fraction of sp³-hybridized carbons (Fsp3) is 0.447. The zero-order valence-corrected chi connectivity index (χ0v) is 30.4. The first-order valence-corrected chi connectivity index (χ1v) is 17.9. The first-order chi connectivity index (χ1) is 25.0. The summed E-state index contributed by atoms with van der Waals surface area (Å²) in [5, 5.41) is 17.2. The number of carbonyl (C=O) groups excluding carboxylic acids is 3. The molecule has 0 unspecified atom stereocenters. The van der Waals surface area contributed by atoms with Crippen molar-refractivity contribution in [2.45, 2.75) is 70.4 Å². The first kappa shape index (κ1) is 36.6. The summed E-state index contributed by atoms with van der Waals surface area (Å²) in [6.45, 7) is 14.2. The van der Waals surface area contributed by atoms with Crippen LogP contribution in [0, 0.1) is 0 Å². The van der Waals surface area contributed by atoms with Crippen molar-refractivity contribution in [3.63, 3.8) is 0 Å². The largest absolute Gasteiger partial charge is 0.480 e. The lowest BCUT2D eigenvalue weighted by Gasteiger charge is -2.34. The molecule has 3 amide bonds. The van der Waals surface area contributed by atoms with Crippen LogP contribution in [0.5, 0.6) is 5.75 Å². The SMILES string of the molecule is CCC(CC)c1nnc2ccc(O[C@@H]3C=C[C@](C=O)(NC(=O)Nc4cc(C(C)(C)C)nc(C(=O)NCCN5CCOCC5)n4)c4ccccc43)cn12. The highest BCUT2D eigenvalue weighted by Gasteiger charge is 2.38. The molecule has 1 aliphatic heterocycles. The van der Waals surface area contributed by atoms with Gasteiger partial charge in [0, 0.05) is 49.1 Å². The van der Waals surface area contributed by atoms with Gasteiger partial charge in [-0.25, -0.2) is 14.8 Å². The van der Waals surface area contributed by atoms with Gasteiger partial charge in [0.1, 0.15) is 29.0 Å². The van der Waals surface area contributed by atoms with Crippen LogP contribution in [0.25, 0.3) is 5.65 Å². The number of rotatable bonds is 12. The molecule has 1 aromatic carbocycles. The number of hydrogen-bond donors (Lipinski definition) is 3. The van der Waals surface area contributed by atoms with Gasteiger partial charge in [-0.05, 0) is 42.7 Å². The quantitative estimate of drug-likeness (QED) is 0.139. The number of nitrogens with zero attached hydrogens (tertiary/aromatic N) is 6. The van der Waals surface area contributed by atoms with E-state index in [9.17, 15) is 14.4 Å². The molecule has 4 aromatic rings. The van der Waals surface area contributed by atoms with Gasteiger partial charge in [-0.3, -0.25) is 24.2 Å². The Bertz CT molecular complexity index is 1940. The summed E-state index contributed by atoms with van der Waals surface area (Å²) in [4.78, 5) is 50.8. The van der Waals surface area contributed by atoms with Crippen LogP contribution in [0.1, 0.15) is 92.7 Å². The first-order valence-electron chi connectivity index (χ1n) is 17.9. The molecule has 3 aromatic heterocycles. The molecule has 0 spiro atoms. The van der Waals surface area contributed by atoms with Crippen molar-refractivity contribution in [1.82, 2.24) is 40.1 Å². The van der Waals surface area contributed by atoms with Crippen LogP contribution in [0.3, 0.4) is 0 Å². The predicted molar refractivity (Wildman–Crippen MR) is 195 cm³/mol. The van der Waals surface area contributed by atoms with Gasteiger partial charge in [0.15, 0.2) is 11.9 Å². The number of ether oxygens (including phenoxy) is 2. The van der Waals surface area contributed by atoms with Gasteiger partial charge in [0.05, 0.1) is 25.1 Å². The monoisotopic (exact) mass is 709 g/mol. The molecule has 0 bridgehead atoms. The molecule has 2 atom stereocenters. The van der Waals surface area contributed by atoms with Crippen molar-refractivity contribution in [2.24, 2.45) is 0 Å². The third kappa shape index (κ3) is 7.97. The third-order valence-electron chi connectivity index (χ3n) is 9.53. The van der Waals surface area contributed by atoms with Crippen molar-refractivity contribution in [2.75, 3.05) is 44.7 Å². The van der Waals surface area contributed by atoms with E-state index >= 15 is 0 Å². The third-order valence-corrected chi connectivity index (χ3v) is 9.53. The van der Waals surface area contributed by atoms with Gasteiger partial charge in [-0.1, -0.05) is 58.9 Å². The maximum atomic E-state index is 13.6. The van der Waals surface area contributed by atoms with Crippen LogP contribution >= 0.6 is 0 Å². The number of benzene rings is 1. The predicted octanol–water partition coefficient (Wildman–Crippen LogP) is 4.69. The van der Waals surface area contributed by atoms with Crippen LogP contribution < -0.4 is 20.7 Å². The molecule has 1 fully saturated rings. The normalized spacial score (nSPS) is 18.9. The van der Waals surface area contributed by atoms with E-state index in [1.807, 2.05) is 61.7 Å². The molecule has 14 heteroatoms. The number of aromatic nitrogens is 5. The minimum absolute atomic E-state index is 0.0607. The van der Waals surface area contributed by atoms with Crippen LogP contribution in [0.4, 0.5) is 10.6 Å². The number of anilines is 1. The van der Waals surface area contributed by atoms with E-state index in [1.165, 1.54) is 0 Å². The highest BCUT2D eigenvalue weighted by Crippen LogP contribution is 2.37. The van der Waals surface area contributed by atoms with E-state index in [2.05, 4.69) is 54.9 Å². The average Bonchev–Trinajstić information content (AvgIpc) is 3.56. The summed E-state index contributed by atoms with van der Waals surface area (Å²) in [7, 11) is 0. The van der Waals surface area contributed by atoms with Gasteiger partial charge in [0.2, 0.25) is 5.82 Å². The second kappa shape index (κ2) is 15.6. The summed E-state index contributed by atoms with van der Waals surface area (Å²) >= 11 is 0. The summed E-state index contributed by atoms with van der Waals surface area (Å²) in [5.41, 5.74) is 0.640. The zero-order chi connectivity index (χ0) is 36.9. The molecule has 4 heterocycles. The number of carbonyl (C=O) groups is 3. The van der Waals surface area contributed by atoms with Crippen LogP contribution in [-0.2, 0) is 20.5 Å². The lowest BCUT2D eigenvalue weighted by Crippen LogP contribution is -2.49. The van der Waals surface area contributed by atoms with E-state index in [4.69, 9.17) is 9.47 Å². The Morgan fingerprint density at radius 2 is 1.85 bits per heavy atom. The molecular formula is C38H47N9O5. The molecule has 14 nitrogen and oxygen atoms in total. The highest BCUT2D eigenvalue weighted by atomic mass is 16.5. The van der Waals surface area contributed by atoms with E-state index < -0.39 is 29.0 Å². The topological polar surface area (TPSA) is 165 Å². The van der Waals surface area contributed by atoms with E-state index in [-0.39, 0.29) is 17.6 Å². The van der Waals surface area contributed by atoms with Crippen molar-refractivity contribution in [3.05, 3.63) is 89.3 Å². The van der Waals surface area contributed by atoms with Crippen molar-refractivity contribution in [3.8, 4) is 5.75 Å². The molecule has 3 N–H and O–H groups in total. The highest BCUT2D eigenvalue weighted by molar-refractivity contribution is 5.94. The lowest BCUT2D eigenvalue weighted by molar-refractivity contribution is -0.111. The Kier molecular flexibility index (Phi) is 11.0. The number of amides is 3. The number of morpholine rings is 1. The van der Waals surface area contributed by atoms with Crippen LogP contribution in [0.15, 0.2) is 60.8 Å². The number of aldehydes is 1. The number of hydrogen-bond acceptors (Lipinski definition) is 10. The Morgan fingerprint density at radius 3 is 2.58 bits per heavy atom. The standard InChI is InChI=1S/C38H47N9O5/c1-6-25(7-2)34-45-44-32-13-12-26(23-47(32)34)52-29-14-15-38(24-48,28-11-9-8-10-27(28)29)43-36(50)42-31-22-30(37(3,4)5)40-33(41-31)35(49)39-16-17-46-18-20-51-21-19-46/h8-15,22-25,29H,6-7,16-21H2,1-5H3,(H,39,49)(H2,40,41,42,43,50)/t29-,38-/m1/s1. The average molecular weight is 710 g/mol. The van der Waals surface area contributed by atoms with E-state index in [0.29, 0.717) is 49.6 Å². The lowest BCUT2D eigenvalue weighted by atomic mass is 9.81. The Balaban J connectivity index is 1.19. The molecule has 2 aliphatic rings. The molecule has 0 saturated carbocycles. The molecule has 274 valence electrons. The molecule has 52 heavy (non-hydrogen) atoms. The molecule has 6 rings (SSSR count). The fourth-order valence-electron chi connectivity index (χ4n) is 6.50. The number of urea groups is 1. The molecule has 1 aliphatic carbocycles. The van der Waals surface area contributed by atoms with E-state index in [0.717, 1.165) is 43.0 Å². The van der Waals surface area contributed by atoms with Gasteiger partial charge in [0.25, 0.3) is 5.91 Å². The van der Waals surface area contributed by atoms with E-state index in [1.54, 1.807) is 24.3 Å². The Labute approximate surface area is 303 Å². The summed E-state index contributed by atoms with van der Waals surface area (Å²) < 4.78 is 13.8. The number of pyridine rings is 1. The Morgan fingerprint density at radius 1 is 1.08 bits per heavy atom. The smallest absolute Gasteiger partial charge is 0.321 e. The number of nitrogens with one attached hydrogen (secondary N) is 3. The molecule has 1 saturated heterocycles. The van der Waals surface area contributed by atoms with Crippen LogP contribution in [-0.4, -0.2) is 87.1 Å². The maximum absolute atomic E-state index is 13.6. The van der Waals surface area contributed by atoms with Gasteiger partial charge in [-0.15, -0.1) is 10.2 Å².